The molecule has 1 aliphatic heterocycles. The Kier molecular flexibility index (Phi) is 9.43. The zero-order chi connectivity index (χ0) is 19.8. The summed E-state index contributed by atoms with van der Waals surface area (Å²) in [6.45, 7) is 6.99. The predicted molar refractivity (Wildman–Crippen MR) is 127 cm³/mol. The number of carbonyl (C=O) groups is 1. The van der Waals surface area contributed by atoms with Crippen molar-refractivity contribution in [1.29, 1.82) is 0 Å². The molecule has 0 spiro atoms. The first kappa shape index (κ1) is 23.2. The highest BCUT2D eigenvalue weighted by Crippen LogP contribution is 2.17. The number of halogens is 1. The molecule has 2 heterocycles. The molecular formula is C21H30IN5O2. The third kappa shape index (κ3) is 6.45. The second-order valence-electron chi connectivity index (χ2n) is 6.78. The van der Waals surface area contributed by atoms with E-state index >= 15 is 0 Å². The molecule has 1 amide bonds. The Labute approximate surface area is 189 Å². The molecule has 8 heteroatoms. The normalized spacial score (nSPS) is 15.0. The van der Waals surface area contributed by atoms with Crippen molar-refractivity contribution in [3.05, 3.63) is 42.2 Å². The average molecular weight is 511 g/mol. The molecule has 0 aliphatic carbocycles. The van der Waals surface area contributed by atoms with Crippen LogP contribution in [0.3, 0.4) is 0 Å². The standard InChI is InChI=1S/C21H29N5O2.HI/c1-3-22-20(25-17-10-13-26(14-11-17)21(27)28-4-2)24-15-19-18-8-6-5-7-16(18)9-12-23-19;/h5-9,12,17H,3-4,10-11,13-15H2,1-2H3,(H2,22,24,25);1H. The van der Waals surface area contributed by atoms with Gasteiger partial charge in [0.2, 0.25) is 0 Å². The van der Waals surface area contributed by atoms with Crippen LogP contribution in [0.4, 0.5) is 4.79 Å². The third-order valence-electron chi connectivity index (χ3n) is 4.85. The number of hydrogen-bond acceptors (Lipinski definition) is 4. The first-order chi connectivity index (χ1) is 13.7. The summed E-state index contributed by atoms with van der Waals surface area (Å²) in [6.07, 6.45) is 3.35. The first-order valence-corrected chi connectivity index (χ1v) is 10.0. The summed E-state index contributed by atoms with van der Waals surface area (Å²) in [7, 11) is 0. The number of fused-ring (bicyclic) bond motifs is 1. The zero-order valence-electron chi connectivity index (χ0n) is 17.1. The van der Waals surface area contributed by atoms with Gasteiger partial charge in [-0.2, -0.15) is 0 Å². The van der Waals surface area contributed by atoms with E-state index in [1.165, 1.54) is 5.39 Å². The van der Waals surface area contributed by atoms with Gasteiger partial charge in [0.15, 0.2) is 5.96 Å². The topological polar surface area (TPSA) is 78.9 Å². The second kappa shape index (κ2) is 11.8. The van der Waals surface area contributed by atoms with Gasteiger partial charge in [-0.25, -0.2) is 9.79 Å². The van der Waals surface area contributed by atoms with E-state index in [0.717, 1.165) is 36.4 Å². The number of benzene rings is 1. The monoisotopic (exact) mass is 511 g/mol. The number of nitrogens with zero attached hydrogens (tertiary/aromatic N) is 3. The minimum absolute atomic E-state index is 0. The molecule has 29 heavy (non-hydrogen) atoms. The first-order valence-electron chi connectivity index (χ1n) is 10.0. The van der Waals surface area contributed by atoms with Gasteiger partial charge in [-0.3, -0.25) is 4.98 Å². The molecule has 1 fully saturated rings. The number of rotatable bonds is 5. The van der Waals surface area contributed by atoms with Crippen molar-refractivity contribution < 1.29 is 9.53 Å². The van der Waals surface area contributed by atoms with Gasteiger partial charge in [0, 0.05) is 37.3 Å². The Bertz CT molecular complexity index is 816. The van der Waals surface area contributed by atoms with Crippen molar-refractivity contribution in [2.75, 3.05) is 26.2 Å². The summed E-state index contributed by atoms with van der Waals surface area (Å²) in [4.78, 5) is 22.9. The number of pyridine rings is 1. The molecule has 1 aliphatic rings. The molecule has 3 rings (SSSR count). The Balaban J connectivity index is 0.00000300. The van der Waals surface area contributed by atoms with E-state index in [0.29, 0.717) is 26.2 Å². The van der Waals surface area contributed by atoms with Gasteiger partial charge in [-0.1, -0.05) is 24.3 Å². The van der Waals surface area contributed by atoms with Gasteiger partial charge >= 0.3 is 6.09 Å². The third-order valence-corrected chi connectivity index (χ3v) is 4.85. The molecule has 0 saturated carbocycles. The van der Waals surface area contributed by atoms with E-state index in [1.54, 1.807) is 4.90 Å². The van der Waals surface area contributed by atoms with E-state index in [4.69, 9.17) is 9.73 Å². The minimum Gasteiger partial charge on any atom is -0.450 e. The van der Waals surface area contributed by atoms with E-state index < -0.39 is 0 Å². The highest BCUT2D eigenvalue weighted by molar-refractivity contribution is 14.0. The van der Waals surface area contributed by atoms with Crippen molar-refractivity contribution in [3.63, 3.8) is 0 Å². The lowest BCUT2D eigenvalue weighted by molar-refractivity contribution is 0.0963. The lowest BCUT2D eigenvalue weighted by Crippen LogP contribution is -2.49. The zero-order valence-corrected chi connectivity index (χ0v) is 19.4. The fourth-order valence-electron chi connectivity index (χ4n) is 3.40. The maximum Gasteiger partial charge on any atom is 0.409 e. The van der Waals surface area contributed by atoms with Crippen LogP contribution in [0.5, 0.6) is 0 Å². The molecule has 2 N–H and O–H groups in total. The predicted octanol–water partition coefficient (Wildman–Crippen LogP) is 3.53. The number of likely N-dealkylation sites (tertiary alicyclic amines) is 1. The lowest BCUT2D eigenvalue weighted by atomic mass is 10.1. The van der Waals surface area contributed by atoms with Crippen molar-refractivity contribution in [1.82, 2.24) is 20.5 Å². The quantitative estimate of drug-likeness (QED) is 0.365. The summed E-state index contributed by atoms with van der Waals surface area (Å²) in [5, 5.41) is 9.11. The molecule has 1 aromatic carbocycles. The molecule has 1 saturated heterocycles. The number of nitrogens with one attached hydrogen (secondary N) is 2. The summed E-state index contributed by atoms with van der Waals surface area (Å²) >= 11 is 0. The molecule has 2 aromatic rings. The molecular weight excluding hydrogens is 481 g/mol. The molecule has 0 atom stereocenters. The fourth-order valence-corrected chi connectivity index (χ4v) is 3.40. The Morgan fingerprint density at radius 1 is 1.24 bits per heavy atom. The van der Waals surface area contributed by atoms with Crippen LogP contribution in [0.15, 0.2) is 41.5 Å². The molecule has 0 radical (unpaired) electrons. The molecule has 158 valence electrons. The number of ether oxygens (including phenoxy) is 1. The number of aliphatic imine (C=N–C) groups is 1. The number of guanidine groups is 1. The van der Waals surface area contributed by atoms with Crippen molar-refractivity contribution in [3.8, 4) is 0 Å². The summed E-state index contributed by atoms with van der Waals surface area (Å²) in [5.41, 5.74) is 0.965. The maximum atomic E-state index is 11.8. The van der Waals surface area contributed by atoms with E-state index in [9.17, 15) is 4.79 Å². The fraction of sp³-hybridized carbons (Fsp3) is 0.476. The lowest BCUT2D eigenvalue weighted by Gasteiger charge is -2.32. The number of hydrogen-bond donors (Lipinski definition) is 2. The van der Waals surface area contributed by atoms with Crippen molar-refractivity contribution in [2.45, 2.75) is 39.3 Å². The maximum absolute atomic E-state index is 11.8. The highest BCUT2D eigenvalue weighted by atomic mass is 127. The van der Waals surface area contributed by atoms with Gasteiger partial charge in [0.05, 0.1) is 18.8 Å². The smallest absolute Gasteiger partial charge is 0.409 e. The van der Waals surface area contributed by atoms with Crippen LogP contribution in [0.1, 0.15) is 32.4 Å². The van der Waals surface area contributed by atoms with Crippen LogP contribution in [0.2, 0.25) is 0 Å². The number of aromatic nitrogens is 1. The number of piperidine rings is 1. The van der Waals surface area contributed by atoms with Gasteiger partial charge < -0.3 is 20.3 Å². The highest BCUT2D eigenvalue weighted by Gasteiger charge is 2.24. The Morgan fingerprint density at radius 3 is 2.72 bits per heavy atom. The van der Waals surface area contributed by atoms with Crippen LogP contribution in [0, 0.1) is 0 Å². The molecule has 1 aromatic heterocycles. The van der Waals surface area contributed by atoms with Crippen molar-refractivity contribution in [2.24, 2.45) is 4.99 Å². The minimum atomic E-state index is -0.219. The molecule has 0 unspecified atom stereocenters. The molecule has 0 bridgehead atoms. The molecule has 7 nitrogen and oxygen atoms in total. The van der Waals surface area contributed by atoms with Gasteiger partial charge in [0.1, 0.15) is 0 Å². The van der Waals surface area contributed by atoms with Crippen LogP contribution >= 0.6 is 24.0 Å². The number of carbonyl (C=O) groups excluding carboxylic acids is 1. The van der Waals surface area contributed by atoms with Gasteiger partial charge in [-0.15, -0.1) is 24.0 Å². The van der Waals surface area contributed by atoms with E-state index in [-0.39, 0.29) is 36.1 Å². The van der Waals surface area contributed by atoms with Crippen LogP contribution in [-0.4, -0.2) is 54.2 Å². The van der Waals surface area contributed by atoms with Gasteiger partial charge in [0.25, 0.3) is 0 Å². The Hall–Kier alpha value is -2.10. The van der Waals surface area contributed by atoms with Crippen molar-refractivity contribution >= 4 is 46.8 Å². The Morgan fingerprint density at radius 2 is 2.00 bits per heavy atom. The van der Waals surface area contributed by atoms with Crippen LogP contribution in [0.25, 0.3) is 10.8 Å². The van der Waals surface area contributed by atoms with Crippen LogP contribution in [-0.2, 0) is 11.3 Å². The van der Waals surface area contributed by atoms with E-state index in [1.807, 2.05) is 31.3 Å². The number of amides is 1. The SMILES string of the molecule is CCNC(=NCc1nccc2ccccc12)NC1CCN(C(=O)OCC)CC1.I. The second-order valence-corrected chi connectivity index (χ2v) is 6.78. The summed E-state index contributed by atoms with van der Waals surface area (Å²) in [6, 6.07) is 10.5. The largest absolute Gasteiger partial charge is 0.450 e. The average Bonchev–Trinajstić information content (AvgIpc) is 2.73. The van der Waals surface area contributed by atoms with Gasteiger partial charge in [-0.05, 0) is 38.1 Å². The van der Waals surface area contributed by atoms with Crippen LogP contribution < -0.4 is 10.6 Å². The van der Waals surface area contributed by atoms with E-state index in [2.05, 4.69) is 34.7 Å². The summed E-state index contributed by atoms with van der Waals surface area (Å²) in [5.74, 6) is 0.784. The summed E-state index contributed by atoms with van der Waals surface area (Å²) < 4.78 is 5.08.